The Hall–Kier alpha value is -3.21. The standard InChI is InChI=1S/C20H20N4O/c1-2-16-10-6-7-11-17(16)22-20(25)18-12-13-19(24-23-18)21-14-15-8-4-3-5-9-15/h3-13H,2,14H2,1H3,(H,21,24)(H,22,25). The molecule has 0 saturated carbocycles. The average Bonchev–Trinajstić information content (AvgIpc) is 2.68. The number of hydrogen-bond acceptors (Lipinski definition) is 4. The van der Waals surface area contributed by atoms with Crippen LogP contribution in [-0.2, 0) is 13.0 Å². The third-order valence-electron chi connectivity index (χ3n) is 3.86. The Bertz CT molecular complexity index is 832. The molecular formula is C20H20N4O. The van der Waals surface area contributed by atoms with Crippen LogP contribution in [0.3, 0.4) is 0 Å². The van der Waals surface area contributed by atoms with Crippen molar-refractivity contribution in [1.29, 1.82) is 0 Å². The van der Waals surface area contributed by atoms with Crippen molar-refractivity contribution in [2.45, 2.75) is 19.9 Å². The lowest BCUT2D eigenvalue weighted by Crippen LogP contribution is -2.15. The first-order valence-electron chi connectivity index (χ1n) is 8.27. The number of aromatic nitrogens is 2. The molecule has 0 bridgehead atoms. The maximum Gasteiger partial charge on any atom is 0.276 e. The van der Waals surface area contributed by atoms with E-state index in [9.17, 15) is 4.79 Å². The summed E-state index contributed by atoms with van der Waals surface area (Å²) in [5.41, 5.74) is 3.34. The number of aryl methyl sites for hydroxylation is 1. The zero-order valence-electron chi connectivity index (χ0n) is 14.1. The van der Waals surface area contributed by atoms with E-state index >= 15 is 0 Å². The van der Waals surface area contributed by atoms with Gasteiger partial charge in [0.05, 0.1) is 0 Å². The molecular weight excluding hydrogens is 312 g/mol. The number of nitrogens with one attached hydrogen (secondary N) is 2. The van der Waals surface area contributed by atoms with E-state index in [2.05, 4.69) is 27.8 Å². The zero-order chi connectivity index (χ0) is 17.5. The van der Waals surface area contributed by atoms with Gasteiger partial charge in [0.1, 0.15) is 5.82 Å². The highest BCUT2D eigenvalue weighted by atomic mass is 16.1. The Morgan fingerprint density at radius 1 is 0.920 bits per heavy atom. The average molecular weight is 332 g/mol. The summed E-state index contributed by atoms with van der Waals surface area (Å²) in [4.78, 5) is 12.3. The van der Waals surface area contributed by atoms with Crippen molar-refractivity contribution < 1.29 is 4.79 Å². The fourth-order valence-corrected chi connectivity index (χ4v) is 2.47. The Kier molecular flexibility index (Phi) is 5.36. The van der Waals surface area contributed by atoms with Gasteiger partial charge in [-0.1, -0.05) is 55.5 Å². The molecule has 0 radical (unpaired) electrons. The van der Waals surface area contributed by atoms with Crippen molar-refractivity contribution in [3.05, 3.63) is 83.6 Å². The second kappa shape index (κ2) is 8.06. The summed E-state index contributed by atoms with van der Waals surface area (Å²) in [5.74, 6) is 0.373. The monoisotopic (exact) mass is 332 g/mol. The van der Waals surface area contributed by atoms with Gasteiger partial charge in [-0.05, 0) is 35.7 Å². The van der Waals surface area contributed by atoms with Crippen molar-refractivity contribution in [1.82, 2.24) is 10.2 Å². The molecule has 5 heteroatoms. The lowest BCUT2D eigenvalue weighted by molar-refractivity contribution is 0.102. The highest BCUT2D eigenvalue weighted by Crippen LogP contribution is 2.16. The Morgan fingerprint density at radius 3 is 2.40 bits per heavy atom. The molecule has 0 fully saturated rings. The van der Waals surface area contributed by atoms with Crippen molar-refractivity contribution in [3.63, 3.8) is 0 Å². The normalized spacial score (nSPS) is 10.3. The summed E-state index contributed by atoms with van der Waals surface area (Å²) in [5, 5.41) is 14.2. The van der Waals surface area contributed by atoms with Gasteiger partial charge >= 0.3 is 0 Å². The van der Waals surface area contributed by atoms with Gasteiger partial charge < -0.3 is 10.6 Å². The third-order valence-corrected chi connectivity index (χ3v) is 3.86. The van der Waals surface area contributed by atoms with Gasteiger partial charge in [0.15, 0.2) is 5.69 Å². The van der Waals surface area contributed by atoms with Crippen LogP contribution in [-0.4, -0.2) is 16.1 Å². The Balaban J connectivity index is 1.62. The highest BCUT2D eigenvalue weighted by Gasteiger charge is 2.10. The van der Waals surface area contributed by atoms with Crippen LogP contribution in [0.4, 0.5) is 11.5 Å². The van der Waals surface area contributed by atoms with Gasteiger partial charge in [0, 0.05) is 12.2 Å². The van der Waals surface area contributed by atoms with Gasteiger partial charge in [0.2, 0.25) is 0 Å². The molecule has 126 valence electrons. The predicted octanol–water partition coefficient (Wildman–Crippen LogP) is 3.90. The van der Waals surface area contributed by atoms with E-state index in [4.69, 9.17) is 0 Å². The second-order valence-corrected chi connectivity index (χ2v) is 5.61. The quantitative estimate of drug-likeness (QED) is 0.718. The maximum atomic E-state index is 12.3. The van der Waals surface area contributed by atoms with Gasteiger partial charge in [0.25, 0.3) is 5.91 Å². The highest BCUT2D eigenvalue weighted by molar-refractivity contribution is 6.03. The van der Waals surface area contributed by atoms with Gasteiger partial charge in [-0.25, -0.2) is 0 Å². The number of benzene rings is 2. The molecule has 5 nitrogen and oxygen atoms in total. The van der Waals surface area contributed by atoms with Crippen molar-refractivity contribution in [2.24, 2.45) is 0 Å². The molecule has 3 rings (SSSR count). The van der Waals surface area contributed by atoms with E-state index in [-0.39, 0.29) is 11.6 Å². The molecule has 1 amide bonds. The summed E-state index contributed by atoms with van der Waals surface area (Å²) in [7, 11) is 0. The van der Waals surface area contributed by atoms with E-state index in [1.54, 1.807) is 12.1 Å². The van der Waals surface area contributed by atoms with Gasteiger partial charge in [-0.2, -0.15) is 0 Å². The van der Waals surface area contributed by atoms with Crippen molar-refractivity contribution in [3.8, 4) is 0 Å². The number of anilines is 2. The summed E-state index contributed by atoms with van der Waals surface area (Å²) >= 11 is 0. The molecule has 0 saturated heterocycles. The summed E-state index contributed by atoms with van der Waals surface area (Å²) in [6.45, 7) is 2.71. The molecule has 0 aliphatic carbocycles. The fraction of sp³-hybridized carbons (Fsp3) is 0.150. The Morgan fingerprint density at radius 2 is 1.68 bits per heavy atom. The molecule has 0 aliphatic heterocycles. The van der Waals surface area contributed by atoms with Crippen LogP contribution in [0.25, 0.3) is 0 Å². The predicted molar refractivity (Wildman–Crippen MR) is 99.6 cm³/mol. The topological polar surface area (TPSA) is 66.9 Å². The molecule has 3 aromatic rings. The fourth-order valence-electron chi connectivity index (χ4n) is 2.47. The third kappa shape index (κ3) is 4.41. The van der Waals surface area contributed by atoms with Crippen LogP contribution in [0, 0.1) is 0 Å². The smallest absolute Gasteiger partial charge is 0.276 e. The van der Waals surface area contributed by atoms with E-state index in [0.29, 0.717) is 12.4 Å². The van der Waals surface area contributed by atoms with Crippen LogP contribution in [0.1, 0.15) is 28.5 Å². The van der Waals surface area contributed by atoms with Gasteiger partial charge in [-0.15, -0.1) is 10.2 Å². The molecule has 2 aromatic carbocycles. The SMILES string of the molecule is CCc1ccccc1NC(=O)c1ccc(NCc2ccccc2)nn1. The number of rotatable bonds is 6. The maximum absolute atomic E-state index is 12.3. The van der Waals surface area contributed by atoms with Crippen LogP contribution >= 0.6 is 0 Å². The van der Waals surface area contributed by atoms with E-state index in [1.807, 2.05) is 54.6 Å². The first-order valence-corrected chi connectivity index (χ1v) is 8.27. The molecule has 0 aliphatic rings. The number of carbonyl (C=O) groups is 1. The first kappa shape index (κ1) is 16.6. The van der Waals surface area contributed by atoms with Crippen LogP contribution in [0.5, 0.6) is 0 Å². The van der Waals surface area contributed by atoms with E-state index < -0.39 is 0 Å². The second-order valence-electron chi connectivity index (χ2n) is 5.61. The molecule has 1 heterocycles. The van der Waals surface area contributed by atoms with Crippen LogP contribution in [0.15, 0.2) is 66.7 Å². The van der Waals surface area contributed by atoms with Crippen molar-refractivity contribution >= 4 is 17.4 Å². The molecule has 0 atom stereocenters. The minimum absolute atomic E-state index is 0.261. The largest absolute Gasteiger partial charge is 0.365 e. The number of carbonyl (C=O) groups excluding carboxylic acids is 1. The summed E-state index contributed by atoms with van der Waals surface area (Å²) in [6.07, 6.45) is 0.852. The minimum atomic E-state index is -0.261. The Labute approximate surface area is 147 Å². The first-order chi connectivity index (χ1) is 12.3. The zero-order valence-corrected chi connectivity index (χ0v) is 14.1. The van der Waals surface area contributed by atoms with Crippen molar-refractivity contribution in [2.75, 3.05) is 10.6 Å². The number of hydrogen-bond donors (Lipinski definition) is 2. The number of para-hydroxylation sites is 1. The molecule has 1 aromatic heterocycles. The minimum Gasteiger partial charge on any atom is -0.365 e. The van der Waals surface area contributed by atoms with E-state index in [1.165, 1.54) is 0 Å². The summed E-state index contributed by atoms with van der Waals surface area (Å²) < 4.78 is 0. The molecule has 0 unspecified atom stereocenters. The lowest BCUT2D eigenvalue weighted by atomic mass is 10.1. The van der Waals surface area contributed by atoms with E-state index in [0.717, 1.165) is 23.2 Å². The molecule has 0 spiro atoms. The molecule has 2 N–H and O–H groups in total. The number of nitrogens with zero attached hydrogens (tertiary/aromatic N) is 2. The lowest BCUT2D eigenvalue weighted by Gasteiger charge is -2.09. The number of amides is 1. The van der Waals surface area contributed by atoms with Crippen LogP contribution in [0.2, 0.25) is 0 Å². The van der Waals surface area contributed by atoms with Crippen LogP contribution < -0.4 is 10.6 Å². The molecule has 25 heavy (non-hydrogen) atoms. The summed E-state index contributed by atoms with van der Waals surface area (Å²) in [6, 6.07) is 21.2. The van der Waals surface area contributed by atoms with Gasteiger partial charge in [-0.3, -0.25) is 4.79 Å².